The van der Waals surface area contributed by atoms with Gasteiger partial charge in [-0.3, -0.25) is 0 Å². The minimum Gasteiger partial charge on any atom is -0.546 e. The Labute approximate surface area is 490 Å². The van der Waals surface area contributed by atoms with Crippen LogP contribution >= 0.6 is 0 Å². The highest BCUT2D eigenvalue weighted by Crippen LogP contribution is 2.42. The van der Waals surface area contributed by atoms with Crippen LogP contribution in [0.4, 0.5) is 0 Å². The molecule has 0 spiro atoms. The highest BCUT2D eigenvalue weighted by molar-refractivity contribution is 5.71. The second-order valence-electron chi connectivity index (χ2n) is 18.2. The summed E-state index contributed by atoms with van der Waals surface area (Å²) >= 11 is 0. The molecule has 0 unspecified atom stereocenters. The van der Waals surface area contributed by atoms with E-state index in [4.69, 9.17) is 47.4 Å². The van der Waals surface area contributed by atoms with Crippen LogP contribution in [0.25, 0.3) is 0 Å². The summed E-state index contributed by atoms with van der Waals surface area (Å²) in [5.41, 5.74) is -0.0130. The lowest BCUT2D eigenvalue weighted by molar-refractivity contribution is -0.308. The van der Waals surface area contributed by atoms with Gasteiger partial charge in [0, 0.05) is 70.2 Å². The smallest absolute Gasteiger partial charge is 0.128 e. The summed E-state index contributed by atoms with van der Waals surface area (Å²) in [6.07, 6.45) is -1.84. The van der Waals surface area contributed by atoms with E-state index >= 15 is 0 Å². The highest BCUT2D eigenvalue weighted by atomic mass is 16.5. The van der Waals surface area contributed by atoms with Crippen LogP contribution in [0, 0.1) is 6.92 Å². The first-order chi connectivity index (χ1) is 41.2. The molecule has 0 bridgehead atoms. The molecule has 0 amide bonds. The Bertz CT molecular complexity index is 3440. The minimum absolute atomic E-state index is 0.0314. The Morgan fingerprint density at radius 3 is 0.552 bits per heavy atom. The Hall–Kier alpha value is -11.2. The molecule has 0 aliphatic heterocycles. The van der Waals surface area contributed by atoms with Crippen molar-refractivity contribution >= 4 is 59.7 Å². The first-order valence-electron chi connectivity index (χ1n) is 25.2. The predicted molar refractivity (Wildman–Crippen MR) is 263 cm³/mol. The molecule has 30 heteroatoms. The number of benzene rings is 5. The summed E-state index contributed by atoms with van der Waals surface area (Å²) < 4.78 is 55.4. The van der Waals surface area contributed by atoms with Gasteiger partial charge in [-0.25, -0.2) is 0 Å². The van der Waals surface area contributed by atoms with Gasteiger partial charge in [-0.2, -0.15) is 0 Å². The second kappa shape index (κ2) is 31.5. The number of aryl methyl sites for hydroxylation is 2. The molecule has 5 rings (SSSR count). The van der Waals surface area contributed by atoms with Crippen LogP contribution in [-0.4, -0.2) is 126 Å². The van der Waals surface area contributed by atoms with Crippen molar-refractivity contribution in [2.45, 2.75) is 46.0 Å². The first kappa shape index (κ1) is 66.6. The van der Waals surface area contributed by atoms with Gasteiger partial charge in [0.1, 0.15) is 124 Å². The lowest BCUT2D eigenvalue weighted by Crippen LogP contribution is -2.30. The zero-order valence-electron chi connectivity index (χ0n) is 45.6. The molecule has 0 aliphatic rings. The maximum atomic E-state index is 11.9. The van der Waals surface area contributed by atoms with Gasteiger partial charge in [-0.05, 0) is 85.1 Å². The molecule has 0 heterocycles. The van der Waals surface area contributed by atoms with E-state index < -0.39 is 151 Å². The van der Waals surface area contributed by atoms with E-state index in [9.17, 15) is 99.0 Å². The Morgan fingerprint density at radius 2 is 0.379 bits per heavy atom. The third kappa shape index (κ3) is 21.2. The Morgan fingerprint density at radius 1 is 0.241 bits per heavy atom. The molecular formula is C57H46O30-10. The summed E-state index contributed by atoms with van der Waals surface area (Å²) in [6, 6.07) is 11.8. The average molecular weight is 1210 g/mol. The molecule has 0 fully saturated rings. The van der Waals surface area contributed by atoms with Gasteiger partial charge < -0.3 is 146 Å². The summed E-state index contributed by atoms with van der Waals surface area (Å²) in [7, 11) is 0. The van der Waals surface area contributed by atoms with Crippen molar-refractivity contribution in [1.29, 1.82) is 0 Å². The van der Waals surface area contributed by atoms with Gasteiger partial charge >= 0.3 is 0 Å². The van der Waals surface area contributed by atoms with Crippen LogP contribution in [0.5, 0.6) is 57.5 Å². The highest BCUT2D eigenvalue weighted by Gasteiger charge is 2.24. The number of carboxylic acid groups (broad SMARTS) is 10. The van der Waals surface area contributed by atoms with Gasteiger partial charge in [-0.1, -0.05) is 6.92 Å². The number of carboxylic acids is 10. The summed E-state index contributed by atoms with van der Waals surface area (Å²) in [5, 5.41) is 117. The molecule has 5 aromatic rings. The third-order valence-electron chi connectivity index (χ3n) is 11.7. The van der Waals surface area contributed by atoms with Crippen molar-refractivity contribution in [1.82, 2.24) is 0 Å². The molecule has 87 heavy (non-hydrogen) atoms. The van der Waals surface area contributed by atoms with E-state index in [1.54, 1.807) is 6.92 Å². The molecular weight excluding hydrogens is 1160 g/mol. The predicted octanol–water partition coefficient (Wildman–Crippen LogP) is -9.79. The molecule has 0 saturated heterocycles. The topological polar surface area (TPSA) is 494 Å². The van der Waals surface area contributed by atoms with E-state index in [-0.39, 0.29) is 114 Å². The number of ether oxygens (including phenoxy) is 10. The van der Waals surface area contributed by atoms with Crippen molar-refractivity contribution in [3.05, 3.63) is 116 Å². The number of aliphatic carboxylic acids is 10. The van der Waals surface area contributed by atoms with Crippen molar-refractivity contribution in [3.8, 4) is 57.5 Å². The first-order valence-corrected chi connectivity index (χ1v) is 25.2. The second-order valence-corrected chi connectivity index (χ2v) is 18.2. The lowest BCUT2D eigenvalue weighted by Gasteiger charge is -2.23. The number of carbonyl (C=O) groups excluding carboxylic acids is 10. The van der Waals surface area contributed by atoms with Crippen molar-refractivity contribution < 1.29 is 146 Å². The van der Waals surface area contributed by atoms with Crippen molar-refractivity contribution in [2.24, 2.45) is 0 Å². The van der Waals surface area contributed by atoms with Crippen LogP contribution in [0.1, 0.15) is 62.6 Å². The Kier molecular flexibility index (Phi) is 24.1. The largest absolute Gasteiger partial charge is 0.546 e. The maximum absolute atomic E-state index is 11.9. The molecule has 0 radical (unpaired) electrons. The number of rotatable bonds is 39. The molecule has 0 aromatic heterocycles. The van der Waals surface area contributed by atoms with E-state index in [1.807, 2.05) is 0 Å². The molecule has 5 aromatic carbocycles. The monoisotopic (exact) mass is 1210 g/mol. The van der Waals surface area contributed by atoms with E-state index in [2.05, 4.69) is 0 Å². The van der Waals surface area contributed by atoms with Crippen LogP contribution in [0.15, 0.2) is 60.7 Å². The Balaban J connectivity index is 1.75. The van der Waals surface area contributed by atoms with Gasteiger partial charge in [0.2, 0.25) is 0 Å². The number of hydrogen-bond donors (Lipinski definition) is 0. The van der Waals surface area contributed by atoms with E-state index in [0.29, 0.717) is 5.56 Å². The normalized spacial score (nSPS) is 10.6. The lowest BCUT2D eigenvalue weighted by atomic mass is 9.94. The molecule has 30 nitrogen and oxygen atoms in total. The zero-order chi connectivity index (χ0) is 64.1. The fourth-order valence-electron chi connectivity index (χ4n) is 8.21. The average Bonchev–Trinajstić information content (AvgIpc) is 1.37. The van der Waals surface area contributed by atoms with Crippen molar-refractivity contribution in [3.63, 3.8) is 0 Å². The van der Waals surface area contributed by atoms with Crippen molar-refractivity contribution in [2.75, 3.05) is 66.1 Å². The third-order valence-corrected chi connectivity index (χ3v) is 11.7. The van der Waals surface area contributed by atoms with Gasteiger partial charge in [0.25, 0.3) is 0 Å². The number of carbonyl (C=O) groups is 10. The summed E-state index contributed by atoms with van der Waals surface area (Å²) in [6.45, 7) is -7.80. The van der Waals surface area contributed by atoms with Gasteiger partial charge in [0.05, 0.1) is 59.7 Å². The van der Waals surface area contributed by atoms with Gasteiger partial charge in [-0.15, -0.1) is 0 Å². The van der Waals surface area contributed by atoms with Gasteiger partial charge in [0.15, 0.2) is 0 Å². The summed E-state index contributed by atoms with van der Waals surface area (Å²) in [4.78, 5) is 117. The van der Waals surface area contributed by atoms with Crippen LogP contribution in [-0.2, 0) is 80.0 Å². The molecule has 0 atom stereocenters. The van der Waals surface area contributed by atoms with Crippen LogP contribution in [0.3, 0.4) is 0 Å². The minimum atomic E-state index is -1.80. The standard InChI is InChI=1S/C57H56O30/c1-3-29-9-41(81-21-51(64)65)31(11-40(29)80-20-50(62)63)6-33-13-45(85-25-55(72)73)35(15-44(33)84-24-54(70)71)8-37-17-46(86-26-56(74)75)36(16-47(37)87-27-57(76)77)7-34-14-42(82-22-52(66)67)32(12-43(34)83-23-53(68)69)5-30-10-38(78-18-48(58)59)28(2)4-39(30)79-19-49(60)61/h4,9-17H,3,5-8,18-27H2,1-2H3,(H,58,59)(H,60,61)(H,62,63)(H,64,65)(H,66,67)(H,68,69)(H,70,71)(H,72,73)(H,74,75)(H,76,77)/p-10. The fraction of sp³-hybridized carbons (Fsp3) is 0.298. The molecule has 0 aliphatic carbocycles. The van der Waals surface area contributed by atoms with E-state index in [0.717, 1.165) is 36.4 Å². The van der Waals surface area contributed by atoms with Crippen LogP contribution in [0.2, 0.25) is 0 Å². The quantitative estimate of drug-likeness (QED) is 0.0352. The SMILES string of the molecule is CCc1cc(OCC(=O)[O-])c(Cc2cc(OCC(=O)[O-])c(Cc3cc(OCC(=O)[O-])c(Cc4cc(OCC(=O)[O-])c(Cc5cc(OCC(=O)[O-])c(C)cc5OCC(=O)[O-])cc4OCC(=O)[O-])cc3OCC(=O)[O-])cc2OCC(=O)[O-])cc1OCC(=O)[O-]. The molecule has 0 N–H and O–H groups in total. The maximum Gasteiger partial charge on any atom is 0.128 e. The summed E-state index contributed by atoms with van der Waals surface area (Å²) in [5.74, 6) is -19.7. The molecule has 0 saturated carbocycles. The van der Waals surface area contributed by atoms with Crippen LogP contribution < -0.4 is 98.4 Å². The fourth-order valence-corrected chi connectivity index (χ4v) is 8.21. The zero-order valence-corrected chi connectivity index (χ0v) is 45.6. The number of hydrogen-bond acceptors (Lipinski definition) is 30. The molecule has 464 valence electrons. The van der Waals surface area contributed by atoms with E-state index in [1.165, 1.54) is 31.2 Å².